The third-order valence-corrected chi connectivity index (χ3v) is 9.19. The molecule has 2 aromatic heterocycles. The maximum absolute atomic E-state index is 13.7. The van der Waals surface area contributed by atoms with Crippen molar-refractivity contribution in [3.8, 4) is 5.75 Å². The number of carbonyl (C=O) groups excluding carboxylic acids is 1. The Morgan fingerprint density at radius 2 is 1.85 bits per heavy atom. The van der Waals surface area contributed by atoms with Crippen molar-refractivity contribution in [2.24, 2.45) is 5.10 Å². The van der Waals surface area contributed by atoms with Gasteiger partial charge in [0, 0.05) is 40.0 Å². The fraction of sp³-hybridized carbons (Fsp3) is 0.161. The molecule has 5 nitrogen and oxygen atoms in total. The summed E-state index contributed by atoms with van der Waals surface area (Å²) in [7, 11) is 1.65. The summed E-state index contributed by atoms with van der Waals surface area (Å²) in [6.07, 6.45) is 2.80. The van der Waals surface area contributed by atoms with Crippen LogP contribution < -0.4 is 4.74 Å². The van der Waals surface area contributed by atoms with Gasteiger partial charge in [-0.2, -0.15) is 5.10 Å². The highest BCUT2D eigenvalue weighted by atomic mass is 35.5. The molecule has 8 heteroatoms. The van der Waals surface area contributed by atoms with Gasteiger partial charge in [-0.05, 0) is 46.8 Å². The van der Waals surface area contributed by atoms with Crippen LogP contribution in [-0.2, 0) is 11.3 Å². The predicted molar refractivity (Wildman–Crippen MR) is 161 cm³/mol. The molecule has 0 saturated carbocycles. The molecule has 1 aliphatic rings. The van der Waals surface area contributed by atoms with Crippen LogP contribution in [0.2, 0.25) is 5.02 Å². The fourth-order valence-corrected chi connectivity index (χ4v) is 6.75. The molecule has 1 unspecified atom stereocenters. The Hall–Kier alpha value is -3.52. The Morgan fingerprint density at radius 3 is 2.62 bits per heavy atom. The molecule has 0 aliphatic carbocycles. The summed E-state index contributed by atoms with van der Waals surface area (Å²) in [6, 6.07) is 28.0. The number of nitrogens with zero attached hydrogens (tertiary/aromatic N) is 3. The summed E-state index contributed by atoms with van der Waals surface area (Å²) in [5.41, 5.74) is 4.16. The number of ether oxygens (including phenoxy) is 1. The standard InChI is InChI=1S/C31H26ClN3O2S2/c1-37-23-14-12-21(13-15-23)28-17-26(29-11-6-16-38-29)33-35(28)31(36)20-39-30-19-34(27-10-5-3-8-24(27)30)18-22-7-2-4-9-25(22)32/h2-16,19,28H,17-18,20H2,1H3. The lowest BCUT2D eigenvalue weighted by atomic mass is 10.0. The number of rotatable bonds is 8. The van der Waals surface area contributed by atoms with Crippen LogP contribution in [0.15, 0.2) is 107 Å². The van der Waals surface area contributed by atoms with Crippen molar-refractivity contribution >= 4 is 57.2 Å². The van der Waals surface area contributed by atoms with Gasteiger partial charge in [0.1, 0.15) is 5.75 Å². The zero-order valence-electron chi connectivity index (χ0n) is 21.3. The summed E-state index contributed by atoms with van der Waals surface area (Å²) in [5.74, 6) is 1.06. The van der Waals surface area contributed by atoms with Crippen LogP contribution in [0.4, 0.5) is 0 Å². The predicted octanol–water partition coefficient (Wildman–Crippen LogP) is 7.88. The van der Waals surface area contributed by atoms with E-state index in [1.165, 1.54) is 0 Å². The molecule has 0 saturated heterocycles. The summed E-state index contributed by atoms with van der Waals surface area (Å²) < 4.78 is 7.54. The van der Waals surface area contributed by atoms with Gasteiger partial charge in [-0.25, -0.2) is 5.01 Å². The van der Waals surface area contributed by atoms with Crippen molar-refractivity contribution < 1.29 is 9.53 Å². The molecule has 0 radical (unpaired) electrons. The second-order valence-corrected chi connectivity index (χ2v) is 11.6. The Bertz CT molecular complexity index is 1640. The molecule has 196 valence electrons. The highest BCUT2D eigenvalue weighted by molar-refractivity contribution is 8.00. The number of benzene rings is 3. The molecule has 0 bridgehead atoms. The molecule has 39 heavy (non-hydrogen) atoms. The number of aromatic nitrogens is 1. The molecule has 3 aromatic carbocycles. The lowest BCUT2D eigenvalue weighted by molar-refractivity contribution is -0.130. The third-order valence-electron chi connectivity index (χ3n) is 6.87. The van der Waals surface area contributed by atoms with Gasteiger partial charge < -0.3 is 9.30 Å². The van der Waals surface area contributed by atoms with Gasteiger partial charge in [-0.15, -0.1) is 23.1 Å². The van der Waals surface area contributed by atoms with Gasteiger partial charge in [0.2, 0.25) is 0 Å². The molecular formula is C31H26ClN3O2S2. The second-order valence-electron chi connectivity index (χ2n) is 9.27. The van der Waals surface area contributed by atoms with E-state index < -0.39 is 0 Å². The smallest absolute Gasteiger partial charge is 0.253 e. The second kappa shape index (κ2) is 11.3. The monoisotopic (exact) mass is 571 g/mol. The molecular weight excluding hydrogens is 546 g/mol. The fourth-order valence-electron chi connectivity index (χ4n) is 4.89. The number of hydrogen-bond donors (Lipinski definition) is 0. The Labute approximate surface area is 240 Å². The summed E-state index contributed by atoms with van der Waals surface area (Å²) in [4.78, 5) is 15.8. The molecule has 0 N–H and O–H groups in total. The topological polar surface area (TPSA) is 46.8 Å². The van der Waals surface area contributed by atoms with E-state index in [4.69, 9.17) is 21.4 Å². The number of hydrogen-bond acceptors (Lipinski definition) is 5. The maximum Gasteiger partial charge on any atom is 0.253 e. The van der Waals surface area contributed by atoms with E-state index in [0.29, 0.717) is 13.0 Å². The number of amides is 1. The number of para-hydroxylation sites is 1. The van der Waals surface area contributed by atoms with Gasteiger partial charge in [0.25, 0.3) is 5.91 Å². The van der Waals surface area contributed by atoms with E-state index in [1.807, 2.05) is 72.1 Å². The zero-order chi connectivity index (χ0) is 26.8. The van der Waals surface area contributed by atoms with Crippen LogP contribution in [0.3, 0.4) is 0 Å². The average Bonchev–Trinajstić information content (AvgIpc) is 3.73. The summed E-state index contributed by atoms with van der Waals surface area (Å²) in [5, 5.41) is 10.4. The van der Waals surface area contributed by atoms with Gasteiger partial charge >= 0.3 is 0 Å². The van der Waals surface area contributed by atoms with E-state index in [-0.39, 0.29) is 17.7 Å². The Morgan fingerprint density at radius 1 is 1.05 bits per heavy atom. The van der Waals surface area contributed by atoms with Gasteiger partial charge in [0.05, 0.1) is 29.5 Å². The van der Waals surface area contributed by atoms with Crippen LogP contribution in [0.1, 0.15) is 28.5 Å². The molecule has 1 aliphatic heterocycles. The van der Waals surface area contributed by atoms with Crippen LogP contribution in [-0.4, -0.2) is 34.1 Å². The quantitative estimate of drug-likeness (QED) is 0.178. The first-order valence-electron chi connectivity index (χ1n) is 12.6. The van der Waals surface area contributed by atoms with Crippen LogP contribution in [0.25, 0.3) is 10.9 Å². The average molecular weight is 572 g/mol. The number of methoxy groups -OCH3 is 1. The van der Waals surface area contributed by atoms with Crippen molar-refractivity contribution in [1.82, 2.24) is 9.58 Å². The molecule has 1 amide bonds. The first-order valence-corrected chi connectivity index (χ1v) is 14.9. The Kier molecular flexibility index (Phi) is 7.46. The molecule has 3 heterocycles. The van der Waals surface area contributed by atoms with Gasteiger partial charge in [-0.3, -0.25) is 4.79 Å². The number of hydrazone groups is 1. The van der Waals surface area contributed by atoms with Crippen LogP contribution in [0, 0.1) is 0 Å². The van der Waals surface area contributed by atoms with Gasteiger partial charge in [0.15, 0.2) is 0 Å². The van der Waals surface area contributed by atoms with Crippen molar-refractivity contribution in [2.45, 2.75) is 23.9 Å². The van der Waals surface area contributed by atoms with E-state index in [9.17, 15) is 4.79 Å². The number of fused-ring (bicyclic) bond motifs is 1. The molecule has 0 spiro atoms. The van der Waals surface area contributed by atoms with Crippen molar-refractivity contribution in [2.75, 3.05) is 12.9 Å². The highest BCUT2D eigenvalue weighted by Gasteiger charge is 2.33. The minimum atomic E-state index is -0.150. The largest absolute Gasteiger partial charge is 0.497 e. The summed E-state index contributed by atoms with van der Waals surface area (Å²) in [6.45, 7) is 0.662. The highest BCUT2D eigenvalue weighted by Crippen LogP contribution is 2.36. The maximum atomic E-state index is 13.7. The first-order chi connectivity index (χ1) is 19.1. The number of carbonyl (C=O) groups is 1. The van der Waals surface area contributed by atoms with Crippen LogP contribution in [0.5, 0.6) is 5.75 Å². The molecule has 6 rings (SSSR count). The summed E-state index contributed by atoms with van der Waals surface area (Å²) >= 11 is 9.65. The van der Waals surface area contributed by atoms with E-state index in [2.05, 4.69) is 29.0 Å². The zero-order valence-corrected chi connectivity index (χ0v) is 23.7. The molecule has 1 atom stereocenters. The van der Waals surface area contributed by atoms with Gasteiger partial charge in [-0.1, -0.05) is 66.2 Å². The SMILES string of the molecule is COc1ccc(C2CC(c3cccs3)=NN2C(=O)CSc2cn(Cc3ccccc3Cl)c3ccccc23)cc1. The molecule has 0 fully saturated rings. The first kappa shape index (κ1) is 25.7. The minimum absolute atomic E-state index is 0.0182. The molecule has 5 aromatic rings. The lowest BCUT2D eigenvalue weighted by Gasteiger charge is -2.22. The van der Waals surface area contributed by atoms with Crippen molar-refractivity contribution in [3.05, 3.63) is 118 Å². The van der Waals surface area contributed by atoms with E-state index in [1.54, 1.807) is 35.2 Å². The number of thioether (sulfide) groups is 1. The van der Waals surface area contributed by atoms with Crippen molar-refractivity contribution in [1.29, 1.82) is 0 Å². The van der Waals surface area contributed by atoms with E-state index >= 15 is 0 Å². The third kappa shape index (κ3) is 5.35. The van der Waals surface area contributed by atoms with Crippen LogP contribution >= 0.6 is 34.7 Å². The Balaban J connectivity index is 1.25. The normalized spacial score (nSPS) is 15.1. The number of halogens is 1. The number of thiophene rings is 1. The lowest BCUT2D eigenvalue weighted by Crippen LogP contribution is -2.28. The minimum Gasteiger partial charge on any atom is -0.497 e. The van der Waals surface area contributed by atoms with E-state index in [0.717, 1.165) is 48.3 Å². The van der Waals surface area contributed by atoms with Crippen molar-refractivity contribution in [3.63, 3.8) is 0 Å².